The Morgan fingerprint density at radius 1 is 0.921 bits per heavy atom. The number of nitrogens with zero attached hydrogens (tertiary/aromatic N) is 5. The molecule has 0 amide bonds. The molecule has 4 aromatic rings. The molecule has 0 fully saturated rings. The molecule has 0 saturated carbocycles. The molecule has 13 heteroatoms. The molecule has 2 aromatic heterocycles. The highest BCUT2D eigenvalue weighted by molar-refractivity contribution is 9.10. The number of nitrogens with one attached hydrogen (secondary N) is 1. The predicted octanol–water partition coefficient (Wildman–Crippen LogP) is 3.95. The van der Waals surface area contributed by atoms with Crippen molar-refractivity contribution in [1.82, 2.24) is 24.2 Å². The molecule has 0 radical (unpaired) electrons. The second-order valence-corrected chi connectivity index (χ2v) is 10.6. The molecule has 0 unspecified atom stereocenters. The third-order valence-electron chi connectivity index (χ3n) is 5.22. The molecule has 4 rings (SSSR count). The van der Waals surface area contributed by atoms with Gasteiger partial charge in [0.15, 0.2) is 11.6 Å². The maximum absolute atomic E-state index is 13.2. The summed E-state index contributed by atoms with van der Waals surface area (Å²) in [6.07, 6.45) is 4.22. The van der Waals surface area contributed by atoms with Crippen LogP contribution in [-0.2, 0) is 16.8 Å². The minimum atomic E-state index is -3.96. The van der Waals surface area contributed by atoms with Crippen molar-refractivity contribution >= 4 is 32.0 Å². The van der Waals surface area contributed by atoms with Crippen LogP contribution in [0.1, 0.15) is 5.56 Å². The van der Waals surface area contributed by atoms with Crippen molar-refractivity contribution in [1.29, 1.82) is 0 Å². The number of methoxy groups -OCH3 is 1. The molecular weight excluding hydrogens is 576 g/mol. The van der Waals surface area contributed by atoms with Gasteiger partial charge in [0.05, 0.1) is 25.1 Å². The topological polar surface area (TPSA) is 129 Å². The standard InChI is InChI=1S/C25H25BrN6O5S/c1-32(16-18-6-4-3-5-7-18)38(33,34)31-23-22(19-8-10-20(26)11-9-19)24(30-17-29-23)36-12-13-37-25-27-14-21(35-2)15-28-25/h3-11,14-15,17H,12-13,16H2,1-2H3,(H,29,30,31). The Balaban J connectivity index is 1.53. The van der Waals surface area contributed by atoms with Crippen molar-refractivity contribution in [2.45, 2.75) is 6.54 Å². The second-order valence-electron chi connectivity index (χ2n) is 7.86. The highest BCUT2D eigenvalue weighted by atomic mass is 79.9. The summed E-state index contributed by atoms with van der Waals surface area (Å²) in [6, 6.07) is 16.7. The van der Waals surface area contributed by atoms with Gasteiger partial charge in [-0.3, -0.25) is 4.72 Å². The average Bonchev–Trinajstić information content (AvgIpc) is 2.92. The summed E-state index contributed by atoms with van der Waals surface area (Å²) in [6.45, 7) is 0.399. The number of benzene rings is 2. The zero-order valence-electron chi connectivity index (χ0n) is 20.6. The van der Waals surface area contributed by atoms with E-state index >= 15 is 0 Å². The van der Waals surface area contributed by atoms with Crippen LogP contribution in [-0.4, -0.2) is 60.0 Å². The Morgan fingerprint density at radius 2 is 1.61 bits per heavy atom. The van der Waals surface area contributed by atoms with Gasteiger partial charge in [0.25, 0.3) is 0 Å². The minimum Gasteiger partial charge on any atom is -0.494 e. The van der Waals surface area contributed by atoms with Crippen LogP contribution in [0, 0.1) is 0 Å². The second kappa shape index (κ2) is 12.6. The van der Waals surface area contributed by atoms with Crippen LogP contribution in [0.5, 0.6) is 17.6 Å². The third kappa shape index (κ3) is 7.15. The molecule has 1 N–H and O–H groups in total. The first-order valence-corrected chi connectivity index (χ1v) is 13.6. The Labute approximate surface area is 229 Å². The molecule has 0 atom stereocenters. The number of anilines is 1. The lowest BCUT2D eigenvalue weighted by atomic mass is 10.1. The molecule has 0 spiro atoms. The summed E-state index contributed by atoms with van der Waals surface area (Å²) in [7, 11) is -0.944. The number of halogens is 1. The van der Waals surface area contributed by atoms with Crippen LogP contribution in [0.25, 0.3) is 11.1 Å². The Bertz CT molecular complexity index is 1440. The molecule has 2 heterocycles. The van der Waals surface area contributed by atoms with Gasteiger partial charge < -0.3 is 14.2 Å². The average molecular weight is 601 g/mol. The van der Waals surface area contributed by atoms with Crippen LogP contribution in [0.4, 0.5) is 5.82 Å². The monoisotopic (exact) mass is 600 g/mol. The van der Waals surface area contributed by atoms with Crippen LogP contribution in [0.3, 0.4) is 0 Å². The number of hydrogen-bond donors (Lipinski definition) is 1. The van der Waals surface area contributed by atoms with Crippen molar-refractivity contribution in [3.63, 3.8) is 0 Å². The summed E-state index contributed by atoms with van der Waals surface area (Å²) in [5.41, 5.74) is 1.89. The highest BCUT2D eigenvalue weighted by Gasteiger charge is 2.23. The fourth-order valence-corrected chi connectivity index (χ4v) is 4.45. The normalized spacial score (nSPS) is 11.3. The van der Waals surface area contributed by atoms with E-state index in [0.717, 1.165) is 10.0 Å². The Hall–Kier alpha value is -3.81. The zero-order valence-corrected chi connectivity index (χ0v) is 23.0. The number of hydrogen-bond acceptors (Lipinski definition) is 9. The van der Waals surface area contributed by atoms with Gasteiger partial charge in [0.1, 0.15) is 19.5 Å². The number of ether oxygens (including phenoxy) is 3. The number of rotatable bonds is 12. The van der Waals surface area contributed by atoms with E-state index in [1.54, 1.807) is 0 Å². The fourth-order valence-electron chi connectivity index (χ4n) is 3.31. The summed E-state index contributed by atoms with van der Waals surface area (Å²) in [5, 5.41) is 0. The van der Waals surface area contributed by atoms with Gasteiger partial charge in [0.2, 0.25) is 5.88 Å². The minimum absolute atomic E-state index is 0.0802. The van der Waals surface area contributed by atoms with Crippen LogP contribution in [0.2, 0.25) is 0 Å². The van der Waals surface area contributed by atoms with E-state index in [4.69, 9.17) is 14.2 Å². The van der Waals surface area contributed by atoms with E-state index in [2.05, 4.69) is 40.6 Å². The highest BCUT2D eigenvalue weighted by Crippen LogP contribution is 2.35. The smallest absolute Gasteiger partial charge is 0.316 e. The molecule has 0 aliphatic heterocycles. The van der Waals surface area contributed by atoms with Crippen molar-refractivity contribution in [3.8, 4) is 28.8 Å². The van der Waals surface area contributed by atoms with E-state index in [-0.39, 0.29) is 37.5 Å². The van der Waals surface area contributed by atoms with Crippen molar-refractivity contribution < 1.29 is 22.6 Å². The summed E-state index contributed by atoms with van der Waals surface area (Å²) >= 11 is 3.42. The van der Waals surface area contributed by atoms with Gasteiger partial charge in [-0.2, -0.15) is 22.7 Å². The van der Waals surface area contributed by atoms with Gasteiger partial charge in [0, 0.05) is 18.1 Å². The molecule has 198 valence electrons. The third-order valence-corrected chi connectivity index (χ3v) is 7.15. The summed E-state index contributed by atoms with van der Waals surface area (Å²) in [4.78, 5) is 16.6. The zero-order chi connectivity index (χ0) is 27.0. The predicted molar refractivity (Wildman–Crippen MR) is 145 cm³/mol. The van der Waals surface area contributed by atoms with E-state index < -0.39 is 10.2 Å². The number of aromatic nitrogens is 4. The first kappa shape index (κ1) is 27.2. The SMILES string of the molecule is COc1cnc(OCCOc2ncnc(NS(=O)(=O)N(C)Cc3ccccc3)c2-c2ccc(Br)cc2)nc1. The van der Waals surface area contributed by atoms with Gasteiger partial charge in [-0.1, -0.05) is 58.4 Å². The van der Waals surface area contributed by atoms with Crippen LogP contribution < -0.4 is 18.9 Å². The van der Waals surface area contributed by atoms with Crippen molar-refractivity contribution in [2.24, 2.45) is 0 Å². The lowest BCUT2D eigenvalue weighted by Gasteiger charge is -2.20. The van der Waals surface area contributed by atoms with Crippen LogP contribution in [0.15, 0.2) is 77.8 Å². The molecular formula is C25H25BrN6O5S. The quantitative estimate of drug-likeness (QED) is 0.240. The molecule has 0 saturated heterocycles. The van der Waals surface area contributed by atoms with Crippen molar-refractivity contribution in [3.05, 3.63) is 83.4 Å². The van der Waals surface area contributed by atoms with E-state index in [9.17, 15) is 8.42 Å². The first-order valence-electron chi connectivity index (χ1n) is 11.4. The van der Waals surface area contributed by atoms with E-state index in [1.807, 2.05) is 54.6 Å². The maximum atomic E-state index is 13.2. The Morgan fingerprint density at radius 3 is 2.29 bits per heavy atom. The summed E-state index contributed by atoms with van der Waals surface area (Å²) in [5.74, 6) is 0.778. The maximum Gasteiger partial charge on any atom is 0.316 e. The molecule has 0 bridgehead atoms. The van der Waals surface area contributed by atoms with Crippen molar-refractivity contribution in [2.75, 3.05) is 32.1 Å². The first-order chi connectivity index (χ1) is 18.4. The molecule has 11 nitrogen and oxygen atoms in total. The van der Waals surface area contributed by atoms with Crippen LogP contribution >= 0.6 is 15.9 Å². The summed E-state index contributed by atoms with van der Waals surface area (Å²) < 4.78 is 47.4. The van der Waals surface area contributed by atoms with Gasteiger partial charge in [-0.25, -0.2) is 9.97 Å². The fraction of sp³-hybridized carbons (Fsp3) is 0.200. The molecule has 0 aliphatic rings. The molecule has 38 heavy (non-hydrogen) atoms. The van der Waals surface area contributed by atoms with E-state index in [1.165, 1.54) is 37.2 Å². The van der Waals surface area contributed by atoms with Gasteiger partial charge >= 0.3 is 16.2 Å². The Kier molecular flexibility index (Phi) is 9.05. The molecule has 0 aliphatic carbocycles. The molecule has 2 aromatic carbocycles. The van der Waals surface area contributed by atoms with Gasteiger partial charge in [-0.15, -0.1) is 0 Å². The lowest BCUT2D eigenvalue weighted by Crippen LogP contribution is -2.32. The van der Waals surface area contributed by atoms with Gasteiger partial charge in [-0.05, 0) is 23.3 Å². The largest absolute Gasteiger partial charge is 0.494 e. The van der Waals surface area contributed by atoms with E-state index in [0.29, 0.717) is 16.9 Å². The lowest BCUT2D eigenvalue weighted by molar-refractivity contribution is 0.201.